The number of benzene rings is 1. The molecule has 0 heterocycles. The highest BCUT2D eigenvalue weighted by atomic mass is 35.5. The summed E-state index contributed by atoms with van der Waals surface area (Å²) in [4.78, 5) is 14.2. The summed E-state index contributed by atoms with van der Waals surface area (Å²) in [7, 11) is 1.59. The standard InChI is InChI=1S/C15H22Cl2N2O2/c1-10(2)19(15(20)14(18)6-7-21-3)9-11-4-5-12(16)13(17)8-11/h4-5,8,10,14H,6-7,9,18H2,1-3H3. The first-order chi connectivity index (χ1) is 9.86. The zero-order chi connectivity index (χ0) is 16.0. The van der Waals surface area contributed by atoms with Crippen molar-refractivity contribution in [3.05, 3.63) is 33.8 Å². The molecule has 0 saturated carbocycles. The number of carbonyl (C=O) groups is 1. The van der Waals surface area contributed by atoms with Gasteiger partial charge in [0.1, 0.15) is 0 Å². The second kappa shape index (κ2) is 8.59. The molecule has 4 nitrogen and oxygen atoms in total. The molecule has 1 unspecified atom stereocenters. The Bertz CT molecular complexity index is 481. The van der Waals surface area contributed by atoms with Crippen LogP contribution in [0, 0.1) is 0 Å². The van der Waals surface area contributed by atoms with Crippen LogP contribution in [0.5, 0.6) is 0 Å². The largest absolute Gasteiger partial charge is 0.385 e. The predicted octanol–water partition coefficient (Wildman–Crippen LogP) is 3.09. The van der Waals surface area contributed by atoms with Gasteiger partial charge in [0.15, 0.2) is 0 Å². The molecule has 1 atom stereocenters. The first-order valence-corrected chi connectivity index (χ1v) is 7.61. The number of methoxy groups -OCH3 is 1. The number of hydrogen-bond donors (Lipinski definition) is 1. The minimum Gasteiger partial charge on any atom is -0.385 e. The van der Waals surface area contributed by atoms with Crippen LogP contribution in [-0.2, 0) is 16.1 Å². The number of nitrogens with zero attached hydrogens (tertiary/aromatic N) is 1. The van der Waals surface area contributed by atoms with Crippen LogP contribution in [0.2, 0.25) is 10.0 Å². The second-order valence-corrected chi connectivity index (χ2v) is 6.01. The normalized spacial score (nSPS) is 12.5. The van der Waals surface area contributed by atoms with Crippen molar-refractivity contribution in [3.8, 4) is 0 Å². The van der Waals surface area contributed by atoms with Crippen LogP contribution in [0.25, 0.3) is 0 Å². The van der Waals surface area contributed by atoms with Gasteiger partial charge in [-0.25, -0.2) is 0 Å². The maximum atomic E-state index is 12.4. The molecule has 0 aliphatic rings. The maximum Gasteiger partial charge on any atom is 0.240 e. The second-order valence-electron chi connectivity index (χ2n) is 5.20. The van der Waals surface area contributed by atoms with E-state index in [0.717, 1.165) is 5.56 Å². The SMILES string of the molecule is COCCC(N)C(=O)N(Cc1ccc(Cl)c(Cl)c1)C(C)C. The molecule has 1 aromatic rings. The van der Waals surface area contributed by atoms with Crippen LogP contribution in [0.15, 0.2) is 18.2 Å². The minimum absolute atomic E-state index is 0.0422. The Morgan fingerprint density at radius 1 is 1.33 bits per heavy atom. The van der Waals surface area contributed by atoms with Gasteiger partial charge in [0.05, 0.1) is 16.1 Å². The number of carbonyl (C=O) groups excluding carboxylic acids is 1. The van der Waals surface area contributed by atoms with Gasteiger partial charge < -0.3 is 15.4 Å². The molecule has 1 rings (SSSR count). The van der Waals surface area contributed by atoms with Crippen LogP contribution in [0.3, 0.4) is 0 Å². The molecule has 0 bridgehead atoms. The van der Waals surface area contributed by atoms with Gasteiger partial charge >= 0.3 is 0 Å². The quantitative estimate of drug-likeness (QED) is 0.834. The van der Waals surface area contributed by atoms with Crippen LogP contribution in [-0.4, -0.2) is 36.6 Å². The Hall–Kier alpha value is -0.810. The predicted molar refractivity (Wildman–Crippen MR) is 86.6 cm³/mol. The summed E-state index contributed by atoms with van der Waals surface area (Å²) in [5, 5.41) is 0.980. The smallest absolute Gasteiger partial charge is 0.240 e. The van der Waals surface area contributed by atoms with E-state index in [4.69, 9.17) is 33.7 Å². The third-order valence-electron chi connectivity index (χ3n) is 3.19. The molecular formula is C15H22Cl2N2O2. The lowest BCUT2D eigenvalue weighted by Crippen LogP contribution is -2.46. The van der Waals surface area contributed by atoms with E-state index in [2.05, 4.69) is 0 Å². The van der Waals surface area contributed by atoms with Crippen molar-refractivity contribution in [2.24, 2.45) is 5.73 Å². The van der Waals surface area contributed by atoms with Crippen LogP contribution < -0.4 is 5.73 Å². The number of hydrogen-bond acceptors (Lipinski definition) is 3. The molecule has 0 radical (unpaired) electrons. The molecule has 0 aliphatic carbocycles. The molecule has 0 fully saturated rings. The first-order valence-electron chi connectivity index (χ1n) is 6.85. The molecule has 118 valence electrons. The Balaban J connectivity index is 2.81. The topological polar surface area (TPSA) is 55.6 Å². The number of nitrogens with two attached hydrogens (primary N) is 1. The molecule has 0 aromatic heterocycles. The zero-order valence-corrected chi connectivity index (χ0v) is 14.1. The van der Waals surface area contributed by atoms with E-state index in [-0.39, 0.29) is 11.9 Å². The van der Waals surface area contributed by atoms with E-state index in [1.165, 1.54) is 0 Å². The fourth-order valence-corrected chi connectivity index (χ4v) is 2.25. The summed E-state index contributed by atoms with van der Waals surface area (Å²) >= 11 is 11.9. The van der Waals surface area contributed by atoms with Crippen LogP contribution in [0.1, 0.15) is 25.8 Å². The molecule has 0 saturated heterocycles. The number of rotatable bonds is 7. The highest BCUT2D eigenvalue weighted by molar-refractivity contribution is 6.42. The van der Waals surface area contributed by atoms with Crippen molar-refractivity contribution < 1.29 is 9.53 Å². The van der Waals surface area contributed by atoms with Gasteiger partial charge in [0.25, 0.3) is 0 Å². The number of halogens is 2. The lowest BCUT2D eigenvalue weighted by Gasteiger charge is -2.29. The third kappa shape index (κ3) is 5.47. The fraction of sp³-hybridized carbons (Fsp3) is 0.533. The van der Waals surface area contributed by atoms with Crippen LogP contribution in [0.4, 0.5) is 0 Å². The summed E-state index contributed by atoms with van der Waals surface area (Å²) < 4.78 is 4.97. The highest BCUT2D eigenvalue weighted by Gasteiger charge is 2.23. The zero-order valence-electron chi connectivity index (χ0n) is 12.6. The lowest BCUT2D eigenvalue weighted by molar-refractivity contribution is -0.135. The number of ether oxygens (including phenoxy) is 1. The summed E-state index contributed by atoms with van der Waals surface area (Å²) in [6.45, 7) is 4.83. The van der Waals surface area contributed by atoms with Crippen molar-refractivity contribution >= 4 is 29.1 Å². The Kier molecular flexibility index (Phi) is 7.46. The van der Waals surface area contributed by atoms with Crippen molar-refractivity contribution in [2.75, 3.05) is 13.7 Å². The van der Waals surface area contributed by atoms with Gasteiger partial charge in [-0.15, -0.1) is 0 Å². The molecule has 6 heteroatoms. The molecule has 0 spiro atoms. The van der Waals surface area contributed by atoms with Crippen molar-refractivity contribution in [2.45, 2.75) is 38.9 Å². The Labute approximate surface area is 136 Å². The van der Waals surface area contributed by atoms with E-state index >= 15 is 0 Å². The molecule has 0 aliphatic heterocycles. The van der Waals surface area contributed by atoms with Gasteiger partial charge in [-0.05, 0) is 38.0 Å². The first kappa shape index (κ1) is 18.2. The highest BCUT2D eigenvalue weighted by Crippen LogP contribution is 2.23. The third-order valence-corrected chi connectivity index (χ3v) is 3.93. The molecule has 21 heavy (non-hydrogen) atoms. The summed E-state index contributed by atoms with van der Waals surface area (Å²) in [6.07, 6.45) is 0.500. The summed E-state index contributed by atoms with van der Waals surface area (Å²) in [5.41, 5.74) is 6.85. The summed E-state index contributed by atoms with van der Waals surface area (Å²) in [6, 6.07) is 4.84. The van der Waals surface area contributed by atoms with Gasteiger partial charge in [-0.1, -0.05) is 29.3 Å². The Morgan fingerprint density at radius 3 is 2.52 bits per heavy atom. The van der Waals surface area contributed by atoms with E-state index in [1.807, 2.05) is 19.9 Å². The average Bonchev–Trinajstić information content (AvgIpc) is 2.44. The Morgan fingerprint density at radius 2 is 2.00 bits per heavy atom. The summed E-state index contributed by atoms with van der Waals surface area (Å²) in [5.74, 6) is -0.0897. The van der Waals surface area contributed by atoms with E-state index in [0.29, 0.717) is 29.6 Å². The molecule has 2 N–H and O–H groups in total. The van der Waals surface area contributed by atoms with Gasteiger partial charge in [0.2, 0.25) is 5.91 Å². The van der Waals surface area contributed by atoms with Crippen molar-refractivity contribution in [1.29, 1.82) is 0 Å². The number of amides is 1. The van der Waals surface area contributed by atoms with Crippen LogP contribution >= 0.6 is 23.2 Å². The monoisotopic (exact) mass is 332 g/mol. The van der Waals surface area contributed by atoms with Crippen molar-refractivity contribution in [3.63, 3.8) is 0 Å². The maximum absolute atomic E-state index is 12.4. The molecule has 1 amide bonds. The van der Waals surface area contributed by atoms with E-state index in [9.17, 15) is 4.79 Å². The lowest BCUT2D eigenvalue weighted by atomic mass is 10.1. The van der Waals surface area contributed by atoms with E-state index < -0.39 is 6.04 Å². The molecular weight excluding hydrogens is 311 g/mol. The van der Waals surface area contributed by atoms with Gasteiger partial charge in [-0.2, -0.15) is 0 Å². The van der Waals surface area contributed by atoms with Gasteiger partial charge in [0, 0.05) is 26.3 Å². The van der Waals surface area contributed by atoms with Gasteiger partial charge in [-0.3, -0.25) is 4.79 Å². The van der Waals surface area contributed by atoms with Crippen molar-refractivity contribution in [1.82, 2.24) is 4.90 Å². The van der Waals surface area contributed by atoms with E-state index in [1.54, 1.807) is 24.1 Å². The molecule has 1 aromatic carbocycles. The average molecular weight is 333 g/mol. The fourth-order valence-electron chi connectivity index (χ4n) is 1.93. The minimum atomic E-state index is -0.560.